The minimum Gasteiger partial charge on any atom is -0.393 e. The van der Waals surface area contributed by atoms with Crippen molar-refractivity contribution in [1.29, 1.82) is 5.41 Å². The van der Waals surface area contributed by atoms with E-state index in [-0.39, 0.29) is 11.9 Å². The van der Waals surface area contributed by atoms with E-state index in [0.717, 1.165) is 19.3 Å². The van der Waals surface area contributed by atoms with E-state index in [1.165, 1.54) is 12.8 Å². The third-order valence-electron chi connectivity index (χ3n) is 4.11. The maximum absolute atomic E-state index is 9.75. The Morgan fingerprint density at radius 1 is 1.44 bits per heavy atom. The molecule has 2 saturated heterocycles. The number of hydrogen-bond acceptors (Lipinski definition) is 3. The van der Waals surface area contributed by atoms with Crippen molar-refractivity contribution in [3.05, 3.63) is 0 Å². The number of nitrogens with one attached hydrogen (secondary N) is 1. The Balaban J connectivity index is 2.05. The van der Waals surface area contributed by atoms with Crippen LogP contribution in [0.3, 0.4) is 0 Å². The molecule has 0 radical (unpaired) electrons. The molecule has 4 nitrogen and oxygen atoms in total. The molecule has 0 spiro atoms. The average molecular weight is 225 g/mol. The van der Waals surface area contributed by atoms with Crippen LogP contribution in [0.15, 0.2) is 0 Å². The third-order valence-corrected chi connectivity index (χ3v) is 4.11. The number of aliphatic hydroxyl groups excluding tert-OH is 1. The molecule has 0 aromatic heterocycles. The zero-order valence-electron chi connectivity index (χ0n) is 10.0. The number of hydrogen-bond donors (Lipinski definition) is 3. The van der Waals surface area contributed by atoms with Gasteiger partial charge in [-0.25, -0.2) is 0 Å². The smallest absolute Gasteiger partial charge is 0.0921 e. The Morgan fingerprint density at radius 3 is 2.44 bits per heavy atom. The molecule has 0 aromatic carbocycles. The van der Waals surface area contributed by atoms with E-state index in [9.17, 15) is 5.11 Å². The quantitative estimate of drug-likeness (QED) is 0.495. The van der Waals surface area contributed by atoms with Crippen molar-refractivity contribution in [3.8, 4) is 0 Å². The molecule has 3 unspecified atom stereocenters. The molecular formula is C12H23N3O. The van der Waals surface area contributed by atoms with Crippen LogP contribution >= 0.6 is 0 Å². The molecule has 0 aromatic rings. The van der Waals surface area contributed by atoms with E-state index in [4.69, 9.17) is 11.1 Å². The predicted octanol–water partition coefficient (Wildman–Crippen LogP) is 1.08. The lowest BCUT2D eigenvalue weighted by Gasteiger charge is -2.42. The largest absolute Gasteiger partial charge is 0.393 e. The lowest BCUT2D eigenvalue weighted by atomic mass is 9.95. The fourth-order valence-corrected chi connectivity index (χ4v) is 3.50. The molecule has 4 N–H and O–H groups in total. The highest BCUT2D eigenvalue weighted by atomic mass is 16.3. The van der Waals surface area contributed by atoms with Gasteiger partial charge in [-0.05, 0) is 32.1 Å². The van der Waals surface area contributed by atoms with Gasteiger partial charge in [0.05, 0.1) is 11.9 Å². The SMILES string of the molecule is CCC(CC(=N)N)N1C2CCC1CC(O)C2. The van der Waals surface area contributed by atoms with Crippen LogP contribution in [0.2, 0.25) is 0 Å². The highest BCUT2D eigenvalue weighted by Crippen LogP contribution is 2.38. The molecule has 2 aliphatic heterocycles. The summed E-state index contributed by atoms with van der Waals surface area (Å²) >= 11 is 0. The van der Waals surface area contributed by atoms with Gasteiger partial charge in [0.25, 0.3) is 0 Å². The van der Waals surface area contributed by atoms with Crippen molar-refractivity contribution in [2.75, 3.05) is 0 Å². The minimum atomic E-state index is -0.108. The van der Waals surface area contributed by atoms with Gasteiger partial charge in [0.15, 0.2) is 0 Å². The van der Waals surface area contributed by atoms with E-state index in [1.54, 1.807) is 0 Å². The standard InChI is InChI=1S/C12H23N3O/c1-2-8(7-12(13)14)15-9-3-4-10(15)6-11(16)5-9/h8-11,16H,2-7H2,1H3,(H3,13,14). The Labute approximate surface area is 97.3 Å². The summed E-state index contributed by atoms with van der Waals surface area (Å²) in [5.74, 6) is 0.289. The van der Waals surface area contributed by atoms with Crippen LogP contribution in [0, 0.1) is 5.41 Å². The zero-order valence-corrected chi connectivity index (χ0v) is 10.0. The first kappa shape index (κ1) is 11.9. The number of piperidine rings is 1. The monoisotopic (exact) mass is 225 g/mol. The van der Waals surface area contributed by atoms with Crippen LogP contribution in [0.25, 0.3) is 0 Å². The maximum atomic E-state index is 9.75. The van der Waals surface area contributed by atoms with Crippen molar-refractivity contribution in [2.24, 2.45) is 5.73 Å². The van der Waals surface area contributed by atoms with Gasteiger partial charge in [-0.2, -0.15) is 0 Å². The van der Waals surface area contributed by atoms with Crippen LogP contribution in [0.4, 0.5) is 0 Å². The highest BCUT2D eigenvalue weighted by Gasteiger charge is 2.42. The third kappa shape index (κ3) is 2.23. The van der Waals surface area contributed by atoms with E-state index < -0.39 is 0 Å². The molecular weight excluding hydrogens is 202 g/mol. The van der Waals surface area contributed by atoms with Crippen LogP contribution in [-0.4, -0.2) is 40.1 Å². The topological polar surface area (TPSA) is 73.3 Å². The predicted molar refractivity (Wildman–Crippen MR) is 64.5 cm³/mol. The van der Waals surface area contributed by atoms with Gasteiger partial charge in [-0.3, -0.25) is 10.3 Å². The van der Waals surface area contributed by atoms with Gasteiger partial charge in [0.1, 0.15) is 0 Å². The van der Waals surface area contributed by atoms with E-state index in [2.05, 4.69) is 11.8 Å². The van der Waals surface area contributed by atoms with E-state index in [1.807, 2.05) is 0 Å². The van der Waals surface area contributed by atoms with Gasteiger partial charge in [-0.15, -0.1) is 0 Å². The van der Waals surface area contributed by atoms with Gasteiger partial charge in [0.2, 0.25) is 0 Å². The fraction of sp³-hybridized carbons (Fsp3) is 0.917. The lowest BCUT2D eigenvalue weighted by molar-refractivity contribution is 0.0108. The van der Waals surface area contributed by atoms with Gasteiger partial charge in [-0.1, -0.05) is 6.92 Å². The Bertz CT molecular complexity index is 255. The highest BCUT2D eigenvalue weighted by molar-refractivity contribution is 5.77. The number of rotatable bonds is 4. The van der Waals surface area contributed by atoms with Crippen LogP contribution < -0.4 is 5.73 Å². The second-order valence-corrected chi connectivity index (χ2v) is 5.25. The summed E-state index contributed by atoms with van der Waals surface area (Å²) in [6, 6.07) is 1.46. The van der Waals surface area contributed by atoms with Crippen LogP contribution in [0.5, 0.6) is 0 Å². The normalized spacial score (nSPS) is 36.2. The summed E-state index contributed by atoms with van der Waals surface area (Å²) in [4.78, 5) is 2.54. The lowest BCUT2D eigenvalue weighted by Crippen LogP contribution is -2.50. The summed E-state index contributed by atoms with van der Waals surface area (Å²) in [7, 11) is 0. The first-order chi connectivity index (χ1) is 7.61. The van der Waals surface area contributed by atoms with E-state index >= 15 is 0 Å². The fourth-order valence-electron chi connectivity index (χ4n) is 3.50. The second-order valence-electron chi connectivity index (χ2n) is 5.25. The Hall–Kier alpha value is -0.610. The first-order valence-corrected chi connectivity index (χ1v) is 6.40. The number of amidine groups is 1. The van der Waals surface area contributed by atoms with Crippen LogP contribution in [-0.2, 0) is 0 Å². The molecule has 2 heterocycles. The molecule has 3 atom stereocenters. The van der Waals surface area contributed by atoms with Crippen molar-refractivity contribution in [3.63, 3.8) is 0 Å². The molecule has 2 fully saturated rings. The molecule has 2 bridgehead atoms. The molecule has 2 rings (SSSR count). The Morgan fingerprint density at radius 2 is 2.00 bits per heavy atom. The van der Waals surface area contributed by atoms with Crippen LogP contribution in [0.1, 0.15) is 45.4 Å². The molecule has 0 amide bonds. The molecule has 0 saturated carbocycles. The molecule has 4 heteroatoms. The molecule has 0 aliphatic carbocycles. The summed E-state index contributed by atoms with van der Waals surface area (Å²) in [5, 5.41) is 17.2. The number of aliphatic hydroxyl groups is 1. The Kier molecular flexibility index (Phi) is 3.50. The van der Waals surface area contributed by atoms with E-state index in [0.29, 0.717) is 24.5 Å². The second kappa shape index (κ2) is 4.72. The van der Waals surface area contributed by atoms with Gasteiger partial charge >= 0.3 is 0 Å². The molecule has 92 valence electrons. The van der Waals surface area contributed by atoms with Gasteiger partial charge < -0.3 is 10.8 Å². The summed E-state index contributed by atoms with van der Waals surface area (Å²) in [5.41, 5.74) is 5.52. The average Bonchev–Trinajstić information content (AvgIpc) is 2.47. The number of nitrogens with zero attached hydrogens (tertiary/aromatic N) is 1. The number of fused-ring (bicyclic) bond motifs is 2. The summed E-state index contributed by atoms with van der Waals surface area (Å²) in [6.07, 6.45) is 5.84. The zero-order chi connectivity index (χ0) is 11.7. The molecule has 16 heavy (non-hydrogen) atoms. The minimum absolute atomic E-state index is 0.108. The van der Waals surface area contributed by atoms with Crippen molar-refractivity contribution in [2.45, 2.75) is 69.7 Å². The summed E-state index contributed by atoms with van der Waals surface area (Å²) in [6.45, 7) is 2.16. The van der Waals surface area contributed by atoms with Crippen molar-refractivity contribution >= 4 is 5.84 Å². The van der Waals surface area contributed by atoms with Crippen molar-refractivity contribution in [1.82, 2.24) is 4.90 Å². The maximum Gasteiger partial charge on any atom is 0.0921 e. The van der Waals surface area contributed by atoms with Crippen molar-refractivity contribution < 1.29 is 5.11 Å². The number of nitrogens with two attached hydrogens (primary N) is 1. The molecule has 2 aliphatic rings. The van der Waals surface area contributed by atoms with Gasteiger partial charge in [0, 0.05) is 24.5 Å². The first-order valence-electron chi connectivity index (χ1n) is 6.40. The summed E-state index contributed by atoms with van der Waals surface area (Å²) < 4.78 is 0.